The Morgan fingerprint density at radius 3 is 2.68 bits per heavy atom. The highest BCUT2D eigenvalue weighted by atomic mass is 16.4. The Labute approximate surface area is 146 Å². The number of nitrogens with zero attached hydrogens (tertiary/aromatic N) is 3. The molecule has 2 aromatic rings. The number of carboxylic acid groups (broad SMARTS) is 1. The molecule has 1 aromatic heterocycles. The number of benzene rings is 1. The van der Waals surface area contributed by atoms with E-state index in [4.69, 9.17) is 0 Å². The van der Waals surface area contributed by atoms with Crippen molar-refractivity contribution in [2.75, 3.05) is 31.6 Å². The van der Waals surface area contributed by atoms with Gasteiger partial charge in [0.05, 0.1) is 0 Å². The van der Waals surface area contributed by atoms with Gasteiger partial charge in [0, 0.05) is 37.8 Å². The number of pyridine rings is 1. The van der Waals surface area contributed by atoms with Crippen molar-refractivity contribution in [2.45, 2.75) is 18.9 Å². The normalized spacial score (nSPS) is 15.2. The number of hydrogen-bond acceptors (Lipinski definition) is 4. The van der Waals surface area contributed by atoms with Crippen LogP contribution in [0.15, 0.2) is 36.5 Å². The molecule has 7 heteroatoms. The Morgan fingerprint density at radius 2 is 2.00 bits per heavy atom. The van der Waals surface area contributed by atoms with E-state index in [-0.39, 0.29) is 18.5 Å². The van der Waals surface area contributed by atoms with Crippen molar-refractivity contribution in [3.8, 4) is 0 Å². The monoisotopic (exact) mass is 342 g/mol. The first-order chi connectivity index (χ1) is 12.1. The average Bonchev–Trinajstić information content (AvgIpc) is 2.65. The molecule has 7 nitrogen and oxygen atoms in total. The fourth-order valence-electron chi connectivity index (χ4n) is 3.33. The first kappa shape index (κ1) is 17.0. The summed E-state index contributed by atoms with van der Waals surface area (Å²) in [5.74, 6) is 0.644. The second-order valence-corrected chi connectivity index (χ2v) is 6.16. The molecular weight excluding hydrogens is 320 g/mol. The number of anilines is 1. The third kappa shape index (κ3) is 3.65. The van der Waals surface area contributed by atoms with Crippen molar-refractivity contribution in [1.29, 1.82) is 0 Å². The van der Waals surface area contributed by atoms with Gasteiger partial charge in [-0.15, -0.1) is 0 Å². The van der Waals surface area contributed by atoms with Gasteiger partial charge in [-0.25, -0.2) is 9.78 Å². The Bertz CT molecular complexity index is 767. The minimum absolute atomic E-state index is 0.122. The van der Waals surface area contributed by atoms with Crippen molar-refractivity contribution in [2.24, 2.45) is 0 Å². The summed E-state index contributed by atoms with van der Waals surface area (Å²) in [6, 6.07) is 9.95. The lowest BCUT2D eigenvalue weighted by molar-refractivity contribution is -0.122. The van der Waals surface area contributed by atoms with Gasteiger partial charge in [0.1, 0.15) is 12.4 Å². The lowest BCUT2D eigenvalue weighted by Crippen LogP contribution is -2.50. The lowest BCUT2D eigenvalue weighted by atomic mass is 10.0. The maximum Gasteiger partial charge on any atom is 0.408 e. The summed E-state index contributed by atoms with van der Waals surface area (Å²) < 4.78 is 0. The van der Waals surface area contributed by atoms with Crippen LogP contribution in [0.1, 0.15) is 12.8 Å². The molecule has 0 unspecified atom stereocenters. The van der Waals surface area contributed by atoms with Gasteiger partial charge in [0.2, 0.25) is 5.91 Å². The quantitative estimate of drug-likeness (QED) is 0.887. The van der Waals surface area contributed by atoms with Gasteiger partial charge in [-0.1, -0.05) is 24.3 Å². The average molecular weight is 342 g/mol. The molecule has 0 atom stereocenters. The zero-order chi connectivity index (χ0) is 17.8. The molecule has 1 aliphatic heterocycles. The first-order valence-electron chi connectivity index (χ1n) is 8.39. The topological polar surface area (TPSA) is 85.8 Å². The fraction of sp³-hybridized carbons (Fsp3) is 0.389. The van der Waals surface area contributed by atoms with Crippen molar-refractivity contribution >= 4 is 28.6 Å². The van der Waals surface area contributed by atoms with Crippen LogP contribution in [0.4, 0.5) is 10.6 Å². The number of rotatable bonds is 4. The molecule has 1 fully saturated rings. The number of amides is 2. The lowest BCUT2D eigenvalue weighted by Gasteiger charge is -2.37. The van der Waals surface area contributed by atoms with Crippen LogP contribution in [0.5, 0.6) is 0 Å². The van der Waals surface area contributed by atoms with Crippen LogP contribution in [0, 0.1) is 0 Å². The number of piperidine rings is 1. The minimum atomic E-state index is -1.05. The second-order valence-electron chi connectivity index (χ2n) is 6.16. The van der Waals surface area contributed by atoms with E-state index in [0.717, 1.165) is 16.6 Å². The largest absolute Gasteiger partial charge is 0.465 e. The summed E-state index contributed by atoms with van der Waals surface area (Å²) in [4.78, 5) is 31.0. The number of carbonyl (C=O) groups excluding carboxylic acids is 1. The Balaban J connectivity index is 1.72. The molecule has 1 saturated heterocycles. The van der Waals surface area contributed by atoms with Crippen molar-refractivity contribution in [3.63, 3.8) is 0 Å². The predicted octanol–water partition coefficient (Wildman–Crippen LogP) is 1.93. The summed E-state index contributed by atoms with van der Waals surface area (Å²) in [5, 5.41) is 14.1. The summed E-state index contributed by atoms with van der Waals surface area (Å²) in [6.45, 7) is 1.30. The van der Waals surface area contributed by atoms with Crippen LogP contribution in [-0.4, -0.2) is 59.7 Å². The van der Waals surface area contributed by atoms with Crippen LogP contribution < -0.4 is 10.2 Å². The fourth-order valence-corrected chi connectivity index (χ4v) is 3.33. The predicted molar refractivity (Wildman–Crippen MR) is 95.8 cm³/mol. The Hall–Kier alpha value is -2.83. The van der Waals surface area contributed by atoms with Crippen LogP contribution in [0.2, 0.25) is 0 Å². The summed E-state index contributed by atoms with van der Waals surface area (Å²) >= 11 is 0. The standard InChI is InChI=1S/C18H22N4O3/c1-19-16(23)12-22(18(24)25)14-7-10-21(11-8-14)17-15-5-3-2-4-13(15)6-9-20-17/h2-6,9,14H,7-8,10-12H2,1H3,(H,19,23)(H,24,25). The summed E-state index contributed by atoms with van der Waals surface area (Å²) in [5.41, 5.74) is 0. The first-order valence-corrected chi connectivity index (χ1v) is 8.39. The molecule has 132 valence electrons. The van der Waals surface area contributed by atoms with Crippen LogP contribution >= 0.6 is 0 Å². The zero-order valence-electron chi connectivity index (χ0n) is 14.2. The van der Waals surface area contributed by atoms with E-state index in [1.807, 2.05) is 18.2 Å². The highest BCUT2D eigenvalue weighted by Crippen LogP contribution is 2.27. The SMILES string of the molecule is CNC(=O)CN(C(=O)O)C1CCN(c2nccc3ccccc23)CC1. The molecule has 1 aromatic carbocycles. The molecule has 0 aliphatic carbocycles. The molecule has 2 heterocycles. The van der Waals surface area contributed by atoms with Crippen molar-refractivity contribution < 1.29 is 14.7 Å². The van der Waals surface area contributed by atoms with E-state index < -0.39 is 6.09 Å². The molecule has 0 spiro atoms. The van der Waals surface area contributed by atoms with Crippen molar-refractivity contribution in [3.05, 3.63) is 36.5 Å². The van der Waals surface area contributed by atoms with Gasteiger partial charge in [0.25, 0.3) is 0 Å². The van der Waals surface area contributed by atoms with E-state index in [9.17, 15) is 14.7 Å². The third-order valence-corrected chi connectivity index (χ3v) is 4.70. The maximum absolute atomic E-state index is 11.6. The smallest absolute Gasteiger partial charge is 0.408 e. The van der Waals surface area contributed by atoms with Gasteiger partial charge in [-0.3, -0.25) is 9.69 Å². The minimum Gasteiger partial charge on any atom is -0.465 e. The molecule has 25 heavy (non-hydrogen) atoms. The van der Waals surface area contributed by atoms with E-state index >= 15 is 0 Å². The van der Waals surface area contributed by atoms with Gasteiger partial charge >= 0.3 is 6.09 Å². The number of fused-ring (bicyclic) bond motifs is 1. The number of likely N-dealkylation sites (N-methyl/N-ethyl adjacent to an activating group) is 1. The third-order valence-electron chi connectivity index (χ3n) is 4.70. The molecule has 0 saturated carbocycles. The molecule has 2 amide bonds. The van der Waals surface area contributed by atoms with Crippen LogP contribution in [0.3, 0.4) is 0 Å². The van der Waals surface area contributed by atoms with E-state index in [1.54, 1.807) is 6.20 Å². The van der Waals surface area contributed by atoms with E-state index in [2.05, 4.69) is 27.3 Å². The van der Waals surface area contributed by atoms with Gasteiger partial charge in [-0.2, -0.15) is 0 Å². The van der Waals surface area contributed by atoms with Crippen LogP contribution in [0.25, 0.3) is 10.8 Å². The summed E-state index contributed by atoms with van der Waals surface area (Å²) in [7, 11) is 1.51. The maximum atomic E-state index is 11.6. The second kappa shape index (κ2) is 7.38. The van der Waals surface area contributed by atoms with Gasteiger partial charge in [-0.05, 0) is 24.3 Å². The Kier molecular flexibility index (Phi) is 5.02. The highest BCUT2D eigenvalue weighted by Gasteiger charge is 2.29. The molecule has 0 radical (unpaired) electrons. The van der Waals surface area contributed by atoms with Gasteiger partial charge < -0.3 is 15.3 Å². The zero-order valence-corrected chi connectivity index (χ0v) is 14.2. The van der Waals surface area contributed by atoms with Crippen molar-refractivity contribution in [1.82, 2.24) is 15.2 Å². The number of nitrogens with one attached hydrogen (secondary N) is 1. The highest BCUT2D eigenvalue weighted by molar-refractivity contribution is 5.92. The molecule has 2 N–H and O–H groups in total. The molecule has 0 bridgehead atoms. The number of hydrogen-bond donors (Lipinski definition) is 2. The van der Waals surface area contributed by atoms with Crippen LogP contribution in [-0.2, 0) is 4.79 Å². The number of carbonyl (C=O) groups is 2. The molecule has 1 aliphatic rings. The number of aromatic nitrogens is 1. The molecule has 3 rings (SSSR count). The van der Waals surface area contributed by atoms with E-state index in [1.165, 1.54) is 11.9 Å². The molecular formula is C18H22N4O3. The van der Waals surface area contributed by atoms with E-state index in [0.29, 0.717) is 25.9 Å². The summed E-state index contributed by atoms with van der Waals surface area (Å²) in [6.07, 6.45) is 2.10. The van der Waals surface area contributed by atoms with Gasteiger partial charge in [0.15, 0.2) is 0 Å². The Morgan fingerprint density at radius 1 is 1.28 bits per heavy atom.